The molecule has 1 N–H and O–H groups in total. The molecule has 0 aliphatic carbocycles. The number of hydrogen-bond donors (Lipinski definition) is 1. The van der Waals surface area contributed by atoms with E-state index in [2.05, 4.69) is 25.3 Å². The van der Waals surface area contributed by atoms with Gasteiger partial charge in [0.05, 0.1) is 18.2 Å². The first-order chi connectivity index (χ1) is 13.1. The highest BCUT2D eigenvalue weighted by molar-refractivity contribution is 7.20. The summed E-state index contributed by atoms with van der Waals surface area (Å²) in [5.41, 5.74) is 1.34. The molecule has 1 atom stereocenters. The minimum atomic E-state index is -0.179. The van der Waals surface area contributed by atoms with Crippen LogP contribution < -0.4 is 15.8 Å². The Hall–Kier alpha value is -2.81. The summed E-state index contributed by atoms with van der Waals surface area (Å²) in [5, 5.41) is 8.11. The predicted octanol–water partition coefficient (Wildman–Crippen LogP) is 1.39. The zero-order valence-electron chi connectivity index (χ0n) is 15.0. The molecule has 0 spiro atoms. The summed E-state index contributed by atoms with van der Waals surface area (Å²) >= 11 is 1.38. The summed E-state index contributed by atoms with van der Waals surface area (Å²) < 4.78 is 1.33. The fourth-order valence-corrected chi connectivity index (χ4v) is 4.22. The summed E-state index contributed by atoms with van der Waals surface area (Å²) in [6.45, 7) is 3.62. The number of nitrogens with one attached hydrogen (secondary N) is 1. The van der Waals surface area contributed by atoms with E-state index in [1.165, 1.54) is 21.9 Å². The van der Waals surface area contributed by atoms with Crippen molar-refractivity contribution in [1.82, 2.24) is 24.9 Å². The smallest absolute Gasteiger partial charge is 0.275 e. The minimum absolute atomic E-state index is 0.0256. The van der Waals surface area contributed by atoms with Crippen LogP contribution >= 0.6 is 11.3 Å². The average Bonchev–Trinajstić information content (AvgIpc) is 3.11. The lowest BCUT2D eigenvalue weighted by molar-refractivity contribution is -0.125. The molecule has 4 rings (SSSR count). The largest absolute Gasteiger partial charge is 0.350 e. The zero-order valence-corrected chi connectivity index (χ0v) is 15.8. The van der Waals surface area contributed by atoms with Crippen molar-refractivity contribution in [3.63, 3.8) is 0 Å². The topological polar surface area (TPSA) is 92.5 Å². The Balaban J connectivity index is 1.45. The van der Waals surface area contributed by atoms with E-state index < -0.39 is 0 Å². The van der Waals surface area contributed by atoms with E-state index in [4.69, 9.17) is 0 Å². The molecule has 27 heavy (non-hydrogen) atoms. The van der Waals surface area contributed by atoms with Crippen LogP contribution in [0.1, 0.15) is 24.2 Å². The predicted molar refractivity (Wildman–Crippen MR) is 103 cm³/mol. The number of hydrogen-bond acceptors (Lipinski definition) is 7. The summed E-state index contributed by atoms with van der Waals surface area (Å²) in [7, 11) is 0. The molecule has 1 aliphatic heterocycles. The van der Waals surface area contributed by atoms with E-state index in [9.17, 15) is 9.59 Å². The van der Waals surface area contributed by atoms with Crippen LogP contribution in [0, 0.1) is 12.8 Å². The summed E-state index contributed by atoms with van der Waals surface area (Å²) in [5.74, 6) is -0.0847. The SMILES string of the molecule is Cc1cc(=O)n2nc(N3CCC[C@@H](C(=O)NCc4ccccn4)C3)sc2n1. The molecule has 0 bridgehead atoms. The minimum Gasteiger partial charge on any atom is -0.350 e. The maximum absolute atomic E-state index is 12.6. The first kappa shape index (κ1) is 17.6. The number of aromatic nitrogens is 4. The second kappa shape index (κ2) is 7.43. The van der Waals surface area contributed by atoms with E-state index in [1.54, 1.807) is 13.1 Å². The molecule has 3 aromatic rings. The van der Waals surface area contributed by atoms with Crippen molar-refractivity contribution in [3.8, 4) is 0 Å². The third-order valence-electron chi connectivity index (χ3n) is 4.60. The highest BCUT2D eigenvalue weighted by atomic mass is 32.1. The number of fused-ring (bicyclic) bond motifs is 1. The second-order valence-corrected chi connectivity index (χ2v) is 7.57. The van der Waals surface area contributed by atoms with Crippen molar-refractivity contribution in [1.29, 1.82) is 0 Å². The van der Waals surface area contributed by atoms with Crippen LogP contribution in [-0.2, 0) is 11.3 Å². The van der Waals surface area contributed by atoms with Crippen molar-refractivity contribution in [2.75, 3.05) is 18.0 Å². The molecule has 140 valence electrons. The molecule has 9 heteroatoms. The van der Waals surface area contributed by atoms with Gasteiger partial charge >= 0.3 is 0 Å². The van der Waals surface area contributed by atoms with E-state index in [1.807, 2.05) is 18.2 Å². The van der Waals surface area contributed by atoms with Crippen LogP contribution in [0.2, 0.25) is 0 Å². The number of anilines is 1. The number of piperidine rings is 1. The standard InChI is InChI=1S/C18H20N6O2S/c1-12-9-15(25)24-17(21-12)27-18(22-24)23-8-4-5-13(11-23)16(26)20-10-14-6-2-3-7-19-14/h2-3,6-7,9,13H,4-5,8,10-11H2,1H3,(H,20,26)/t13-/m1/s1. The van der Waals surface area contributed by atoms with Crippen LogP contribution in [0.4, 0.5) is 5.13 Å². The summed E-state index contributed by atoms with van der Waals surface area (Å²) in [6, 6.07) is 7.12. The van der Waals surface area contributed by atoms with Crippen LogP contribution in [-0.4, -0.2) is 38.6 Å². The fraction of sp³-hybridized carbons (Fsp3) is 0.389. The molecule has 1 saturated heterocycles. The third kappa shape index (κ3) is 3.82. The molecular formula is C18H20N6O2S. The van der Waals surface area contributed by atoms with Gasteiger partial charge in [-0.15, -0.1) is 5.10 Å². The number of carbonyl (C=O) groups excluding carboxylic acids is 1. The lowest BCUT2D eigenvalue weighted by atomic mass is 9.97. The van der Waals surface area contributed by atoms with Gasteiger partial charge in [0.1, 0.15) is 0 Å². The molecule has 1 fully saturated rings. The number of aryl methyl sites for hydroxylation is 1. The highest BCUT2D eigenvalue weighted by Crippen LogP contribution is 2.27. The monoisotopic (exact) mass is 384 g/mol. The number of rotatable bonds is 4. The van der Waals surface area contributed by atoms with Crippen molar-refractivity contribution < 1.29 is 4.79 Å². The zero-order chi connectivity index (χ0) is 18.8. The third-order valence-corrected chi connectivity index (χ3v) is 5.56. The first-order valence-electron chi connectivity index (χ1n) is 8.90. The molecule has 4 heterocycles. The molecule has 0 unspecified atom stereocenters. The van der Waals surface area contributed by atoms with Gasteiger partial charge in [0.15, 0.2) is 0 Å². The van der Waals surface area contributed by atoms with Gasteiger partial charge in [-0.05, 0) is 31.9 Å². The molecule has 0 aromatic carbocycles. The second-order valence-electron chi connectivity index (χ2n) is 6.64. The molecular weight excluding hydrogens is 364 g/mol. The van der Waals surface area contributed by atoms with Gasteiger partial charge in [-0.3, -0.25) is 14.6 Å². The molecule has 8 nitrogen and oxygen atoms in total. The van der Waals surface area contributed by atoms with Gasteiger partial charge in [-0.2, -0.15) is 4.52 Å². The Morgan fingerprint density at radius 2 is 2.30 bits per heavy atom. The van der Waals surface area contributed by atoms with Crippen molar-refractivity contribution in [2.45, 2.75) is 26.3 Å². The van der Waals surface area contributed by atoms with Crippen molar-refractivity contribution >= 4 is 27.3 Å². The number of carbonyl (C=O) groups is 1. The van der Waals surface area contributed by atoms with Gasteiger partial charge in [-0.25, -0.2) is 4.98 Å². The summed E-state index contributed by atoms with van der Waals surface area (Å²) in [4.78, 5) is 35.9. The van der Waals surface area contributed by atoms with Gasteiger partial charge in [0, 0.05) is 31.0 Å². The van der Waals surface area contributed by atoms with Crippen LogP contribution in [0.15, 0.2) is 35.3 Å². The Morgan fingerprint density at radius 3 is 3.11 bits per heavy atom. The number of amides is 1. The quantitative estimate of drug-likeness (QED) is 0.731. The van der Waals surface area contributed by atoms with Crippen molar-refractivity contribution in [2.24, 2.45) is 5.92 Å². The lowest BCUT2D eigenvalue weighted by Gasteiger charge is -2.31. The van der Waals surface area contributed by atoms with Gasteiger partial charge in [-0.1, -0.05) is 17.4 Å². The number of nitrogens with zero attached hydrogens (tertiary/aromatic N) is 5. The van der Waals surface area contributed by atoms with E-state index in [0.29, 0.717) is 23.7 Å². The molecule has 1 amide bonds. The van der Waals surface area contributed by atoms with E-state index >= 15 is 0 Å². The Bertz CT molecular complexity index is 1020. The fourth-order valence-electron chi connectivity index (χ4n) is 3.23. The lowest BCUT2D eigenvalue weighted by Crippen LogP contribution is -2.43. The van der Waals surface area contributed by atoms with Gasteiger partial charge < -0.3 is 10.2 Å². The molecule has 1 aliphatic rings. The Kier molecular flexibility index (Phi) is 4.85. The normalized spacial score (nSPS) is 17.2. The average molecular weight is 384 g/mol. The van der Waals surface area contributed by atoms with Gasteiger partial charge in [0.25, 0.3) is 5.56 Å². The van der Waals surface area contributed by atoms with Crippen LogP contribution in [0.3, 0.4) is 0 Å². The van der Waals surface area contributed by atoms with Gasteiger partial charge in [0.2, 0.25) is 16.0 Å². The number of pyridine rings is 1. The van der Waals surface area contributed by atoms with Crippen LogP contribution in [0.5, 0.6) is 0 Å². The highest BCUT2D eigenvalue weighted by Gasteiger charge is 2.27. The Labute approximate surface area is 159 Å². The molecule has 0 saturated carbocycles. The van der Waals surface area contributed by atoms with Crippen molar-refractivity contribution in [3.05, 3.63) is 52.2 Å². The maximum atomic E-state index is 12.6. The molecule has 3 aromatic heterocycles. The van der Waals surface area contributed by atoms with E-state index in [0.717, 1.165) is 30.2 Å². The van der Waals surface area contributed by atoms with E-state index in [-0.39, 0.29) is 17.4 Å². The van der Waals surface area contributed by atoms with Crippen LogP contribution in [0.25, 0.3) is 4.96 Å². The molecule has 0 radical (unpaired) electrons. The maximum Gasteiger partial charge on any atom is 0.275 e. The Morgan fingerprint density at radius 1 is 1.41 bits per heavy atom. The summed E-state index contributed by atoms with van der Waals surface area (Å²) in [6.07, 6.45) is 3.46. The first-order valence-corrected chi connectivity index (χ1v) is 9.72.